The molecule has 0 amide bonds. The molecule has 1 aliphatic heterocycles. The van der Waals surface area contributed by atoms with Gasteiger partial charge in [0.15, 0.2) is 17.6 Å². The smallest absolute Gasteiger partial charge is 0.337 e. The van der Waals surface area contributed by atoms with Crippen LogP contribution in [0.1, 0.15) is 43.4 Å². The fourth-order valence-electron chi connectivity index (χ4n) is 2.28. The highest BCUT2D eigenvalue weighted by atomic mass is 79.9. The van der Waals surface area contributed by atoms with E-state index in [0.717, 1.165) is 6.42 Å². The molecule has 20 heavy (non-hydrogen) atoms. The molecule has 1 aliphatic rings. The normalized spacial score (nSPS) is 15.8. The minimum atomic E-state index is -1.58. The van der Waals surface area contributed by atoms with E-state index in [2.05, 4.69) is 15.9 Å². The number of hydrogen-bond acceptors (Lipinski definition) is 4. The third kappa shape index (κ3) is 2.76. The first kappa shape index (κ1) is 15.1. The van der Waals surface area contributed by atoms with Gasteiger partial charge in [0, 0.05) is 17.5 Å². The number of aliphatic carboxylic acids is 1. The van der Waals surface area contributed by atoms with Gasteiger partial charge in [0.1, 0.15) is 0 Å². The summed E-state index contributed by atoms with van der Waals surface area (Å²) < 4.78 is 12.0. The number of hydrogen-bond donors (Lipinski definition) is 2. The number of aliphatic hydroxyl groups excluding tert-OH is 1. The molecule has 1 aromatic rings. The maximum Gasteiger partial charge on any atom is 0.337 e. The van der Waals surface area contributed by atoms with Gasteiger partial charge < -0.3 is 19.7 Å². The molecule has 1 atom stereocenters. The number of rotatable bonds is 3. The molecule has 2 rings (SSSR count). The Labute approximate surface area is 125 Å². The predicted octanol–water partition coefficient (Wildman–Crippen LogP) is 2.85. The zero-order chi connectivity index (χ0) is 14.9. The Morgan fingerprint density at radius 2 is 1.90 bits per heavy atom. The van der Waals surface area contributed by atoms with E-state index in [0.29, 0.717) is 40.3 Å². The lowest BCUT2D eigenvalue weighted by Gasteiger charge is -2.22. The lowest BCUT2D eigenvalue weighted by atomic mass is 9.92. The molecule has 2 N–H and O–H groups in total. The molecule has 1 heterocycles. The molecule has 0 bridgehead atoms. The van der Waals surface area contributed by atoms with Crippen molar-refractivity contribution in [1.29, 1.82) is 0 Å². The monoisotopic (exact) mass is 344 g/mol. The Morgan fingerprint density at radius 1 is 1.30 bits per heavy atom. The highest BCUT2D eigenvalue weighted by Gasteiger charge is 2.29. The first-order valence-electron chi connectivity index (χ1n) is 6.46. The Morgan fingerprint density at radius 3 is 2.45 bits per heavy atom. The first-order valence-corrected chi connectivity index (χ1v) is 7.25. The van der Waals surface area contributed by atoms with E-state index >= 15 is 0 Å². The van der Waals surface area contributed by atoms with Crippen LogP contribution in [-0.2, 0) is 4.79 Å². The van der Waals surface area contributed by atoms with Crippen molar-refractivity contribution >= 4 is 21.9 Å². The number of carbonyl (C=O) groups is 1. The van der Waals surface area contributed by atoms with Gasteiger partial charge in [-0.15, -0.1) is 0 Å². The van der Waals surface area contributed by atoms with Crippen molar-refractivity contribution in [3.63, 3.8) is 0 Å². The van der Waals surface area contributed by atoms with Crippen molar-refractivity contribution in [3.8, 4) is 11.5 Å². The van der Waals surface area contributed by atoms with Gasteiger partial charge >= 0.3 is 5.97 Å². The van der Waals surface area contributed by atoms with Crippen LogP contribution in [0.2, 0.25) is 0 Å². The van der Waals surface area contributed by atoms with Crippen LogP contribution in [-0.4, -0.2) is 29.4 Å². The Balaban J connectivity index is 2.66. The molecular formula is C14H17BrO5. The number of aliphatic hydroxyl groups is 1. The second-order valence-electron chi connectivity index (χ2n) is 4.97. The van der Waals surface area contributed by atoms with Crippen LogP contribution >= 0.6 is 15.9 Å². The minimum Gasteiger partial charge on any atom is -0.489 e. The second-order valence-corrected chi connectivity index (χ2v) is 5.82. The van der Waals surface area contributed by atoms with Gasteiger partial charge in [-0.3, -0.25) is 0 Å². The van der Waals surface area contributed by atoms with E-state index in [1.165, 1.54) is 0 Å². The average molecular weight is 345 g/mol. The van der Waals surface area contributed by atoms with Crippen LogP contribution in [0.25, 0.3) is 0 Å². The molecule has 0 spiro atoms. The Hall–Kier alpha value is -1.27. The van der Waals surface area contributed by atoms with Crippen molar-refractivity contribution in [2.24, 2.45) is 0 Å². The number of fused-ring (bicyclic) bond motifs is 1. The second kappa shape index (κ2) is 6.01. The largest absolute Gasteiger partial charge is 0.489 e. The fourth-order valence-corrected chi connectivity index (χ4v) is 2.82. The molecule has 110 valence electrons. The van der Waals surface area contributed by atoms with Crippen molar-refractivity contribution in [1.82, 2.24) is 0 Å². The van der Waals surface area contributed by atoms with Crippen LogP contribution in [0.15, 0.2) is 10.5 Å². The Kier molecular flexibility index (Phi) is 4.55. The van der Waals surface area contributed by atoms with E-state index in [1.807, 2.05) is 13.8 Å². The standard InChI is InChI=1S/C14H17BrO5/c1-7(2)10-8(11(16)14(17)18)6-9(15)12-13(10)20-5-3-4-19-12/h6-7,11,16H,3-5H2,1-2H3,(H,17,18). The summed E-state index contributed by atoms with van der Waals surface area (Å²) in [6, 6.07) is 1.60. The quantitative estimate of drug-likeness (QED) is 0.881. The lowest BCUT2D eigenvalue weighted by Crippen LogP contribution is -2.15. The van der Waals surface area contributed by atoms with Gasteiger partial charge in [-0.2, -0.15) is 0 Å². The molecule has 0 radical (unpaired) electrons. The summed E-state index contributed by atoms with van der Waals surface area (Å²) in [4.78, 5) is 11.1. The molecule has 1 aromatic carbocycles. The molecule has 0 aromatic heterocycles. The molecular weight excluding hydrogens is 328 g/mol. The first-order chi connectivity index (χ1) is 9.43. The molecule has 0 fully saturated rings. The number of carboxylic acids is 1. The minimum absolute atomic E-state index is 0.00236. The fraction of sp³-hybridized carbons (Fsp3) is 0.500. The molecule has 5 nitrogen and oxygen atoms in total. The summed E-state index contributed by atoms with van der Waals surface area (Å²) in [6.07, 6.45) is -0.823. The summed E-state index contributed by atoms with van der Waals surface area (Å²) in [5, 5.41) is 19.0. The lowest BCUT2D eigenvalue weighted by molar-refractivity contribution is -0.147. The summed E-state index contributed by atoms with van der Waals surface area (Å²) in [7, 11) is 0. The molecule has 1 unspecified atom stereocenters. The van der Waals surface area contributed by atoms with Gasteiger partial charge in [0.25, 0.3) is 0 Å². The van der Waals surface area contributed by atoms with Crippen molar-refractivity contribution < 1.29 is 24.5 Å². The molecule has 0 saturated carbocycles. The van der Waals surface area contributed by atoms with Crippen LogP contribution in [0, 0.1) is 0 Å². The highest BCUT2D eigenvalue weighted by molar-refractivity contribution is 9.10. The van der Waals surface area contributed by atoms with Crippen LogP contribution in [0.5, 0.6) is 11.5 Å². The number of benzene rings is 1. The number of ether oxygens (including phenoxy) is 2. The third-order valence-electron chi connectivity index (χ3n) is 3.15. The third-order valence-corrected chi connectivity index (χ3v) is 3.74. The van der Waals surface area contributed by atoms with E-state index in [1.54, 1.807) is 6.07 Å². The topological polar surface area (TPSA) is 76.0 Å². The van der Waals surface area contributed by atoms with Crippen molar-refractivity contribution in [3.05, 3.63) is 21.7 Å². The van der Waals surface area contributed by atoms with Gasteiger partial charge in [-0.25, -0.2) is 4.79 Å². The SMILES string of the molecule is CC(C)c1c(C(O)C(=O)O)cc(Br)c2c1OCCCO2. The average Bonchev–Trinajstić information content (AvgIpc) is 2.62. The van der Waals surface area contributed by atoms with E-state index in [-0.39, 0.29) is 5.92 Å². The van der Waals surface area contributed by atoms with Crippen LogP contribution in [0.3, 0.4) is 0 Å². The van der Waals surface area contributed by atoms with Gasteiger partial charge in [-0.1, -0.05) is 13.8 Å². The molecule has 0 saturated heterocycles. The maximum absolute atomic E-state index is 11.1. The zero-order valence-electron chi connectivity index (χ0n) is 11.4. The summed E-state index contributed by atoms with van der Waals surface area (Å²) in [5.41, 5.74) is 1.02. The highest BCUT2D eigenvalue weighted by Crippen LogP contribution is 2.46. The van der Waals surface area contributed by atoms with Crippen LogP contribution < -0.4 is 9.47 Å². The van der Waals surface area contributed by atoms with E-state index in [4.69, 9.17) is 14.6 Å². The van der Waals surface area contributed by atoms with Crippen molar-refractivity contribution in [2.75, 3.05) is 13.2 Å². The summed E-state index contributed by atoms with van der Waals surface area (Å²) in [5.74, 6) is -0.175. The van der Waals surface area contributed by atoms with E-state index in [9.17, 15) is 9.90 Å². The zero-order valence-corrected chi connectivity index (χ0v) is 12.9. The number of halogens is 1. The summed E-state index contributed by atoms with van der Waals surface area (Å²) >= 11 is 3.36. The van der Waals surface area contributed by atoms with E-state index < -0.39 is 12.1 Å². The van der Waals surface area contributed by atoms with Crippen molar-refractivity contribution in [2.45, 2.75) is 32.3 Å². The van der Waals surface area contributed by atoms with Gasteiger partial charge in [-0.05, 0) is 27.9 Å². The maximum atomic E-state index is 11.1. The molecule has 0 aliphatic carbocycles. The molecule has 6 heteroatoms. The predicted molar refractivity (Wildman–Crippen MR) is 76.4 cm³/mol. The number of carboxylic acid groups (broad SMARTS) is 1. The van der Waals surface area contributed by atoms with Crippen LogP contribution in [0.4, 0.5) is 0 Å². The summed E-state index contributed by atoms with van der Waals surface area (Å²) in [6.45, 7) is 4.90. The van der Waals surface area contributed by atoms with Gasteiger partial charge in [0.05, 0.1) is 17.7 Å². The Bertz CT molecular complexity index is 527. The van der Waals surface area contributed by atoms with Gasteiger partial charge in [0.2, 0.25) is 0 Å².